The van der Waals surface area contributed by atoms with Crippen LogP contribution in [0.3, 0.4) is 0 Å². The fourth-order valence-electron chi connectivity index (χ4n) is 1.96. The normalized spacial score (nSPS) is 29.9. The summed E-state index contributed by atoms with van der Waals surface area (Å²) in [7, 11) is 1.69. The molecule has 0 saturated heterocycles. The molecule has 1 fully saturated rings. The molecular formula is C10H19NO3. The third kappa shape index (κ3) is 2.96. The van der Waals surface area contributed by atoms with Gasteiger partial charge in [-0.15, -0.1) is 0 Å². The Balaban J connectivity index is 2.44. The van der Waals surface area contributed by atoms with Gasteiger partial charge in [0.2, 0.25) is 0 Å². The minimum atomic E-state index is -0.801. The summed E-state index contributed by atoms with van der Waals surface area (Å²) in [6.07, 6.45) is 4.55. The van der Waals surface area contributed by atoms with Gasteiger partial charge in [-0.3, -0.25) is 10.1 Å². The predicted octanol–water partition coefficient (Wildman–Crippen LogP) is 1.01. The highest BCUT2D eigenvalue weighted by Gasteiger charge is 2.27. The van der Waals surface area contributed by atoms with Crippen LogP contribution in [0.4, 0.5) is 0 Å². The van der Waals surface area contributed by atoms with Gasteiger partial charge < -0.3 is 9.84 Å². The van der Waals surface area contributed by atoms with E-state index in [1.807, 2.05) is 0 Å². The van der Waals surface area contributed by atoms with E-state index in [1.165, 1.54) is 6.42 Å². The number of nitrogens with one attached hydrogen (secondary N) is 1. The lowest BCUT2D eigenvalue weighted by Gasteiger charge is -2.32. The quantitative estimate of drug-likeness (QED) is 0.712. The number of carboxylic acids is 1. The summed E-state index contributed by atoms with van der Waals surface area (Å²) in [5.74, 6) is -0.801. The molecule has 1 saturated carbocycles. The molecule has 3 unspecified atom stereocenters. The lowest BCUT2D eigenvalue weighted by Crippen LogP contribution is -2.49. The third-order valence-electron chi connectivity index (χ3n) is 2.84. The number of carboxylic acid groups (broad SMARTS) is 1. The van der Waals surface area contributed by atoms with Crippen molar-refractivity contribution < 1.29 is 14.6 Å². The molecule has 0 aromatic rings. The zero-order valence-electron chi connectivity index (χ0n) is 8.82. The Bertz CT molecular complexity index is 196. The first-order valence-corrected chi connectivity index (χ1v) is 5.16. The number of carbonyl (C=O) groups is 1. The molecule has 0 bridgehead atoms. The van der Waals surface area contributed by atoms with E-state index in [1.54, 1.807) is 14.0 Å². The minimum absolute atomic E-state index is 0.172. The van der Waals surface area contributed by atoms with E-state index in [0.29, 0.717) is 0 Å². The summed E-state index contributed by atoms with van der Waals surface area (Å²) in [6, 6.07) is -0.296. The lowest BCUT2D eigenvalue weighted by molar-refractivity contribution is -0.139. The largest absolute Gasteiger partial charge is 0.480 e. The molecule has 0 amide bonds. The molecule has 4 heteroatoms. The smallest absolute Gasteiger partial charge is 0.320 e. The third-order valence-corrected chi connectivity index (χ3v) is 2.84. The monoisotopic (exact) mass is 201 g/mol. The molecule has 0 heterocycles. The number of rotatable bonds is 4. The van der Waals surface area contributed by atoms with Gasteiger partial charge in [-0.05, 0) is 19.8 Å². The molecule has 0 aromatic carbocycles. The first kappa shape index (κ1) is 11.5. The number of ether oxygens (including phenoxy) is 1. The molecule has 1 aliphatic carbocycles. The van der Waals surface area contributed by atoms with Gasteiger partial charge in [0, 0.05) is 13.2 Å². The van der Waals surface area contributed by atoms with Crippen LogP contribution in [-0.2, 0) is 9.53 Å². The first-order chi connectivity index (χ1) is 6.65. The van der Waals surface area contributed by atoms with Gasteiger partial charge in [0.25, 0.3) is 0 Å². The van der Waals surface area contributed by atoms with Gasteiger partial charge >= 0.3 is 5.97 Å². The molecule has 1 rings (SSSR count). The van der Waals surface area contributed by atoms with Crippen LogP contribution >= 0.6 is 0 Å². The van der Waals surface area contributed by atoms with Crippen molar-refractivity contribution in [1.29, 1.82) is 0 Å². The standard InChI is InChI=1S/C10H19NO3/c1-7(10(12)13)11-8-5-3-4-6-9(8)14-2/h7-9,11H,3-6H2,1-2H3,(H,12,13). The van der Waals surface area contributed by atoms with E-state index < -0.39 is 12.0 Å². The van der Waals surface area contributed by atoms with Crippen molar-refractivity contribution in [2.75, 3.05) is 7.11 Å². The second kappa shape index (κ2) is 5.32. The van der Waals surface area contributed by atoms with Crippen LogP contribution in [0, 0.1) is 0 Å². The fourth-order valence-corrected chi connectivity index (χ4v) is 1.96. The van der Waals surface area contributed by atoms with Crippen LogP contribution in [0.2, 0.25) is 0 Å². The van der Waals surface area contributed by atoms with Crippen LogP contribution in [-0.4, -0.2) is 36.4 Å². The van der Waals surface area contributed by atoms with E-state index in [2.05, 4.69) is 5.32 Å². The van der Waals surface area contributed by atoms with Crippen LogP contribution in [0.5, 0.6) is 0 Å². The first-order valence-electron chi connectivity index (χ1n) is 5.16. The highest BCUT2D eigenvalue weighted by molar-refractivity contribution is 5.72. The second-order valence-corrected chi connectivity index (χ2v) is 3.89. The highest BCUT2D eigenvalue weighted by Crippen LogP contribution is 2.21. The van der Waals surface area contributed by atoms with Gasteiger partial charge in [-0.25, -0.2) is 0 Å². The average molecular weight is 201 g/mol. The Hall–Kier alpha value is -0.610. The Morgan fingerprint density at radius 1 is 1.50 bits per heavy atom. The molecule has 0 aromatic heterocycles. The summed E-state index contributed by atoms with van der Waals surface area (Å²) in [6.45, 7) is 1.67. The summed E-state index contributed by atoms with van der Waals surface area (Å²) in [4.78, 5) is 10.7. The van der Waals surface area contributed by atoms with Crippen molar-refractivity contribution in [2.45, 2.75) is 50.8 Å². The molecule has 2 N–H and O–H groups in total. The number of methoxy groups -OCH3 is 1. The Morgan fingerprint density at radius 2 is 2.14 bits per heavy atom. The SMILES string of the molecule is COC1CCCCC1NC(C)C(=O)O. The molecule has 1 aliphatic rings. The highest BCUT2D eigenvalue weighted by atomic mass is 16.5. The van der Waals surface area contributed by atoms with Crippen LogP contribution < -0.4 is 5.32 Å². The molecule has 3 atom stereocenters. The van der Waals surface area contributed by atoms with Crippen LogP contribution in [0.25, 0.3) is 0 Å². The predicted molar refractivity (Wildman–Crippen MR) is 53.3 cm³/mol. The Kier molecular flexibility index (Phi) is 4.35. The molecule has 0 aliphatic heterocycles. The van der Waals surface area contributed by atoms with Crippen molar-refractivity contribution in [2.24, 2.45) is 0 Å². The van der Waals surface area contributed by atoms with Gasteiger partial charge in [0.15, 0.2) is 0 Å². The molecule has 0 radical (unpaired) electrons. The van der Waals surface area contributed by atoms with Gasteiger partial charge in [-0.2, -0.15) is 0 Å². The molecule has 4 nitrogen and oxygen atoms in total. The second-order valence-electron chi connectivity index (χ2n) is 3.89. The van der Waals surface area contributed by atoms with E-state index >= 15 is 0 Å². The molecule has 0 spiro atoms. The summed E-state index contributed by atoms with van der Waals surface area (Å²) < 4.78 is 5.33. The molecule has 14 heavy (non-hydrogen) atoms. The van der Waals surface area contributed by atoms with Gasteiger partial charge in [-0.1, -0.05) is 12.8 Å². The van der Waals surface area contributed by atoms with Crippen LogP contribution in [0.1, 0.15) is 32.6 Å². The zero-order valence-corrected chi connectivity index (χ0v) is 8.82. The lowest BCUT2D eigenvalue weighted by atomic mass is 9.92. The van der Waals surface area contributed by atoms with Gasteiger partial charge in [0.1, 0.15) is 6.04 Å². The summed E-state index contributed by atoms with van der Waals surface area (Å²) in [5.41, 5.74) is 0. The van der Waals surface area contributed by atoms with Gasteiger partial charge in [0.05, 0.1) is 6.10 Å². The topological polar surface area (TPSA) is 58.6 Å². The average Bonchev–Trinajstić information content (AvgIpc) is 2.18. The Morgan fingerprint density at radius 3 is 2.71 bits per heavy atom. The number of hydrogen-bond donors (Lipinski definition) is 2. The Labute approximate surface area is 84.6 Å². The molecular weight excluding hydrogens is 182 g/mol. The fraction of sp³-hybridized carbons (Fsp3) is 0.900. The molecule has 82 valence electrons. The van der Waals surface area contributed by atoms with E-state index in [9.17, 15) is 4.79 Å². The maximum Gasteiger partial charge on any atom is 0.320 e. The van der Waals surface area contributed by atoms with Crippen LogP contribution in [0.15, 0.2) is 0 Å². The van der Waals surface area contributed by atoms with Crippen molar-refractivity contribution in [3.63, 3.8) is 0 Å². The maximum absolute atomic E-state index is 10.7. The van der Waals surface area contributed by atoms with Crippen molar-refractivity contribution in [3.05, 3.63) is 0 Å². The minimum Gasteiger partial charge on any atom is -0.480 e. The maximum atomic E-state index is 10.7. The van der Waals surface area contributed by atoms with Crippen molar-refractivity contribution in [1.82, 2.24) is 5.32 Å². The van der Waals surface area contributed by atoms with Crippen molar-refractivity contribution >= 4 is 5.97 Å². The van der Waals surface area contributed by atoms with Crippen molar-refractivity contribution in [3.8, 4) is 0 Å². The summed E-state index contributed by atoms with van der Waals surface area (Å²) in [5, 5.41) is 11.9. The van der Waals surface area contributed by atoms with E-state index in [-0.39, 0.29) is 12.1 Å². The number of aliphatic carboxylic acids is 1. The van der Waals surface area contributed by atoms with E-state index in [4.69, 9.17) is 9.84 Å². The summed E-state index contributed by atoms with van der Waals surface area (Å²) >= 11 is 0. The number of hydrogen-bond acceptors (Lipinski definition) is 3. The van der Waals surface area contributed by atoms with E-state index in [0.717, 1.165) is 19.3 Å². The zero-order chi connectivity index (χ0) is 10.6.